The van der Waals surface area contributed by atoms with Crippen LogP contribution in [0, 0.1) is 10.1 Å². The van der Waals surface area contributed by atoms with Gasteiger partial charge in [-0.15, -0.1) is 0 Å². The van der Waals surface area contributed by atoms with E-state index in [-0.39, 0.29) is 12.2 Å². The van der Waals surface area contributed by atoms with Gasteiger partial charge in [-0.05, 0) is 17.5 Å². The molecule has 0 spiro atoms. The number of H-pyrrole nitrogens is 1. The van der Waals surface area contributed by atoms with E-state index in [1.807, 2.05) is 0 Å². The Morgan fingerprint density at radius 1 is 1.46 bits per heavy atom. The average molecular weight is 342 g/mol. The Balaban J connectivity index is 2.05. The number of nitro groups is 1. The van der Waals surface area contributed by atoms with Gasteiger partial charge in [-0.3, -0.25) is 20.0 Å². The van der Waals surface area contributed by atoms with Crippen LogP contribution in [0.2, 0.25) is 0 Å². The topological polar surface area (TPSA) is 101 Å². The van der Waals surface area contributed by atoms with E-state index in [2.05, 4.69) is 15.5 Å². The first-order valence-corrected chi connectivity index (χ1v) is 6.83. The summed E-state index contributed by atoms with van der Waals surface area (Å²) in [5.74, 6) is -1.17. The van der Waals surface area contributed by atoms with Crippen molar-refractivity contribution < 1.29 is 22.9 Å². The molecule has 0 saturated heterocycles. The monoisotopic (exact) mass is 342 g/mol. The SMILES string of the molecule is CC(CNC(=O)c1[nH]ncc1[N+](=O)[O-])c1cccc(C(F)(F)F)c1. The van der Waals surface area contributed by atoms with Crippen molar-refractivity contribution in [2.24, 2.45) is 0 Å². The predicted octanol–water partition coefficient (Wildman–Crippen LogP) is 2.87. The Bertz CT molecular complexity index is 758. The predicted molar refractivity (Wildman–Crippen MR) is 77.4 cm³/mol. The van der Waals surface area contributed by atoms with Crippen molar-refractivity contribution in [1.82, 2.24) is 15.5 Å². The summed E-state index contributed by atoms with van der Waals surface area (Å²) in [6.07, 6.45) is -3.54. The second-order valence-electron chi connectivity index (χ2n) is 5.12. The van der Waals surface area contributed by atoms with Gasteiger partial charge in [0.05, 0.1) is 10.5 Å². The number of nitrogens with zero attached hydrogens (tertiary/aromatic N) is 2. The van der Waals surface area contributed by atoms with Gasteiger partial charge in [0.2, 0.25) is 5.69 Å². The number of aromatic nitrogens is 2. The number of carbonyl (C=O) groups excluding carboxylic acids is 1. The van der Waals surface area contributed by atoms with E-state index in [9.17, 15) is 28.1 Å². The fourth-order valence-corrected chi connectivity index (χ4v) is 2.06. The fourth-order valence-electron chi connectivity index (χ4n) is 2.06. The number of halogens is 3. The summed E-state index contributed by atoms with van der Waals surface area (Å²) in [5.41, 5.74) is -1.16. The zero-order chi connectivity index (χ0) is 17.9. The van der Waals surface area contributed by atoms with Crippen molar-refractivity contribution in [2.75, 3.05) is 6.54 Å². The van der Waals surface area contributed by atoms with Gasteiger partial charge >= 0.3 is 11.9 Å². The van der Waals surface area contributed by atoms with Gasteiger partial charge in [0.25, 0.3) is 5.91 Å². The molecular weight excluding hydrogens is 329 g/mol. The quantitative estimate of drug-likeness (QED) is 0.644. The molecule has 0 saturated carbocycles. The Hall–Kier alpha value is -2.91. The van der Waals surface area contributed by atoms with Crippen LogP contribution in [0.1, 0.15) is 34.5 Å². The summed E-state index contributed by atoms with van der Waals surface area (Å²) in [5, 5.41) is 18.8. The maximum Gasteiger partial charge on any atom is 0.416 e. The van der Waals surface area contributed by atoms with E-state index < -0.39 is 34.2 Å². The van der Waals surface area contributed by atoms with Crippen molar-refractivity contribution in [3.8, 4) is 0 Å². The molecule has 0 bridgehead atoms. The van der Waals surface area contributed by atoms with Gasteiger partial charge in [-0.25, -0.2) is 0 Å². The summed E-state index contributed by atoms with van der Waals surface area (Å²) in [4.78, 5) is 21.9. The molecule has 0 radical (unpaired) electrons. The van der Waals surface area contributed by atoms with Crippen LogP contribution in [0.5, 0.6) is 0 Å². The molecule has 7 nitrogen and oxygen atoms in total. The third kappa shape index (κ3) is 3.89. The second-order valence-corrected chi connectivity index (χ2v) is 5.12. The smallest absolute Gasteiger partial charge is 0.350 e. The molecule has 2 N–H and O–H groups in total. The third-order valence-electron chi connectivity index (χ3n) is 3.39. The van der Waals surface area contributed by atoms with Crippen LogP contribution in [-0.4, -0.2) is 27.6 Å². The minimum absolute atomic E-state index is 0.0102. The zero-order valence-electron chi connectivity index (χ0n) is 12.4. The lowest BCUT2D eigenvalue weighted by molar-refractivity contribution is -0.385. The van der Waals surface area contributed by atoms with Gasteiger partial charge in [-0.2, -0.15) is 18.3 Å². The third-order valence-corrected chi connectivity index (χ3v) is 3.39. The van der Waals surface area contributed by atoms with E-state index in [0.29, 0.717) is 5.56 Å². The number of amides is 1. The Kier molecular flexibility index (Phi) is 4.86. The van der Waals surface area contributed by atoms with Crippen LogP contribution in [0.3, 0.4) is 0 Å². The molecule has 128 valence electrons. The van der Waals surface area contributed by atoms with Crippen LogP contribution in [-0.2, 0) is 6.18 Å². The number of hydrogen-bond acceptors (Lipinski definition) is 4. The normalized spacial score (nSPS) is 12.7. The molecule has 10 heteroatoms. The highest BCUT2D eigenvalue weighted by atomic mass is 19.4. The highest BCUT2D eigenvalue weighted by Gasteiger charge is 2.30. The maximum atomic E-state index is 12.7. The fraction of sp³-hybridized carbons (Fsp3) is 0.286. The van der Waals surface area contributed by atoms with Crippen LogP contribution in [0.25, 0.3) is 0 Å². The lowest BCUT2D eigenvalue weighted by atomic mass is 9.99. The molecule has 1 atom stereocenters. The molecule has 2 aromatic rings. The average Bonchev–Trinajstić information content (AvgIpc) is 3.01. The highest BCUT2D eigenvalue weighted by Crippen LogP contribution is 2.31. The number of aromatic amines is 1. The molecule has 0 aliphatic rings. The molecule has 1 amide bonds. The first-order chi connectivity index (χ1) is 11.2. The maximum absolute atomic E-state index is 12.7. The van der Waals surface area contributed by atoms with Crippen LogP contribution in [0.4, 0.5) is 18.9 Å². The Labute approximate surface area is 134 Å². The first kappa shape index (κ1) is 17.4. The van der Waals surface area contributed by atoms with E-state index in [0.717, 1.165) is 18.3 Å². The van der Waals surface area contributed by atoms with Crippen molar-refractivity contribution in [3.05, 3.63) is 57.4 Å². The van der Waals surface area contributed by atoms with Gasteiger partial charge in [-0.1, -0.05) is 25.1 Å². The molecule has 24 heavy (non-hydrogen) atoms. The molecule has 2 rings (SSSR count). The van der Waals surface area contributed by atoms with Crippen LogP contribution < -0.4 is 5.32 Å². The van der Waals surface area contributed by atoms with Gasteiger partial charge in [0, 0.05) is 6.54 Å². The zero-order valence-corrected chi connectivity index (χ0v) is 12.4. The van der Waals surface area contributed by atoms with E-state index in [1.54, 1.807) is 6.92 Å². The Morgan fingerprint density at radius 3 is 2.79 bits per heavy atom. The lowest BCUT2D eigenvalue weighted by Crippen LogP contribution is -2.28. The molecule has 0 aliphatic carbocycles. The Morgan fingerprint density at radius 2 is 2.17 bits per heavy atom. The van der Waals surface area contributed by atoms with Crippen LogP contribution >= 0.6 is 0 Å². The molecular formula is C14H13F3N4O3. The van der Waals surface area contributed by atoms with E-state index >= 15 is 0 Å². The second kappa shape index (κ2) is 6.69. The largest absolute Gasteiger partial charge is 0.416 e. The molecule has 0 aliphatic heterocycles. The summed E-state index contributed by atoms with van der Waals surface area (Å²) < 4.78 is 38.1. The minimum atomic E-state index is -4.45. The number of alkyl halides is 3. The van der Waals surface area contributed by atoms with Crippen LogP contribution in [0.15, 0.2) is 30.5 Å². The van der Waals surface area contributed by atoms with Crippen molar-refractivity contribution in [3.63, 3.8) is 0 Å². The van der Waals surface area contributed by atoms with Crippen molar-refractivity contribution in [2.45, 2.75) is 19.0 Å². The molecule has 1 aromatic carbocycles. The van der Waals surface area contributed by atoms with Gasteiger partial charge in [0.15, 0.2) is 0 Å². The molecule has 0 fully saturated rings. The van der Waals surface area contributed by atoms with E-state index in [1.165, 1.54) is 12.1 Å². The van der Waals surface area contributed by atoms with Gasteiger partial charge in [0.1, 0.15) is 6.20 Å². The van der Waals surface area contributed by atoms with E-state index in [4.69, 9.17) is 0 Å². The summed E-state index contributed by atoms with van der Waals surface area (Å²) in [6.45, 7) is 1.65. The number of hydrogen-bond donors (Lipinski definition) is 2. The highest BCUT2D eigenvalue weighted by molar-refractivity contribution is 5.95. The number of rotatable bonds is 5. The number of nitrogens with one attached hydrogen (secondary N) is 2. The van der Waals surface area contributed by atoms with Crippen molar-refractivity contribution >= 4 is 11.6 Å². The summed E-state index contributed by atoms with van der Waals surface area (Å²) in [6, 6.07) is 4.78. The van der Waals surface area contributed by atoms with Gasteiger partial charge < -0.3 is 5.32 Å². The lowest BCUT2D eigenvalue weighted by Gasteiger charge is -2.15. The van der Waals surface area contributed by atoms with Crippen molar-refractivity contribution in [1.29, 1.82) is 0 Å². The standard InChI is InChI=1S/C14H13F3N4O3/c1-8(9-3-2-4-10(5-9)14(15,16)17)6-18-13(22)12-11(21(23)24)7-19-20-12/h2-5,7-8H,6H2,1H3,(H,18,22)(H,19,20). The number of carbonyl (C=O) groups is 1. The first-order valence-electron chi connectivity index (χ1n) is 6.83. The number of benzene rings is 1. The summed E-state index contributed by atoms with van der Waals surface area (Å²) in [7, 11) is 0. The molecule has 1 aromatic heterocycles. The summed E-state index contributed by atoms with van der Waals surface area (Å²) >= 11 is 0. The molecule has 1 unspecified atom stereocenters. The molecule has 1 heterocycles. The minimum Gasteiger partial charge on any atom is -0.350 e.